The number of pyridine rings is 1. The first kappa shape index (κ1) is 13.8. The van der Waals surface area contributed by atoms with Crippen molar-refractivity contribution in [2.45, 2.75) is 20.0 Å². The van der Waals surface area contributed by atoms with Crippen LogP contribution in [-0.2, 0) is 13.1 Å². The van der Waals surface area contributed by atoms with E-state index >= 15 is 0 Å². The molecule has 6 heteroatoms. The number of nitrogens with one attached hydrogen (secondary N) is 1. The lowest BCUT2D eigenvalue weighted by atomic mass is 10.3. The Labute approximate surface area is 127 Å². The fourth-order valence-electron chi connectivity index (χ4n) is 1.82. The Morgan fingerprint density at radius 1 is 1.05 bits per heavy atom. The fraction of sp³-hybridized carbons (Fsp3) is 0.200. The largest absolute Gasteiger partial charge is 0.305 e. The predicted molar refractivity (Wildman–Crippen MR) is 82.7 cm³/mol. The van der Waals surface area contributed by atoms with Crippen molar-refractivity contribution >= 4 is 11.3 Å². The first-order valence-electron chi connectivity index (χ1n) is 6.65. The number of aryl methyl sites for hydroxylation is 1. The van der Waals surface area contributed by atoms with Gasteiger partial charge in [0.25, 0.3) is 0 Å². The number of aromatic nitrogens is 4. The normalized spacial score (nSPS) is 10.7. The van der Waals surface area contributed by atoms with Gasteiger partial charge in [0.15, 0.2) is 0 Å². The van der Waals surface area contributed by atoms with Gasteiger partial charge >= 0.3 is 0 Å². The summed E-state index contributed by atoms with van der Waals surface area (Å²) in [6.45, 7) is 3.32. The Bertz CT molecular complexity index is 694. The van der Waals surface area contributed by atoms with Crippen molar-refractivity contribution in [2.24, 2.45) is 0 Å². The van der Waals surface area contributed by atoms with E-state index in [2.05, 4.69) is 30.6 Å². The number of hydrogen-bond donors (Lipinski definition) is 1. The quantitative estimate of drug-likeness (QED) is 0.784. The van der Waals surface area contributed by atoms with Crippen LogP contribution in [0.4, 0.5) is 0 Å². The van der Waals surface area contributed by atoms with Crippen LogP contribution in [0.1, 0.15) is 17.1 Å². The maximum atomic E-state index is 4.58. The molecule has 0 unspecified atom stereocenters. The third kappa shape index (κ3) is 3.68. The molecule has 0 aliphatic carbocycles. The summed E-state index contributed by atoms with van der Waals surface area (Å²) < 4.78 is 0. The van der Waals surface area contributed by atoms with Gasteiger partial charge in [0.05, 0.1) is 22.8 Å². The first-order valence-corrected chi connectivity index (χ1v) is 7.53. The van der Waals surface area contributed by atoms with E-state index in [1.807, 2.05) is 25.1 Å². The van der Waals surface area contributed by atoms with Crippen LogP contribution in [0, 0.1) is 6.92 Å². The third-order valence-corrected chi connectivity index (χ3v) is 3.80. The van der Waals surface area contributed by atoms with E-state index in [-0.39, 0.29) is 0 Å². The zero-order valence-corrected chi connectivity index (χ0v) is 12.5. The maximum Gasteiger partial charge on any atom is 0.142 e. The number of thiazole rings is 1. The van der Waals surface area contributed by atoms with E-state index in [0.717, 1.165) is 27.8 Å². The van der Waals surface area contributed by atoms with Gasteiger partial charge in [-0.15, -0.1) is 11.3 Å². The second-order valence-electron chi connectivity index (χ2n) is 4.61. The zero-order chi connectivity index (χ0) is 14.5. The first-order chi connectivity index (χ1) is 10.3. The van der Waals surface area contributed by atoms with E-state index in [1.54, 1.807) is 29.9 Å². The molecule has 0 amide bonds. The van der Waals surface area contributed by atoms with Crippen molar-refractivity contribution < 1.29 is 0 Å². The minimum absolute atomic E-state index is 0.684. The summed E-state index contributed by atoms with van der Waals surface area (Å²) in [6.07, 6.45) is 5.35. The number of nitrogens with zero attached hydrogens (tertiary/aromatic N) is 4. The van der Waals surface area contributed by atoms with Crippen LogP contribution >= 0.6 is 11.3 Å². The zero-order valence-electron chi connectivity index (χ0n) is 11.7. The summed E-state index contributed by atoms with van der Waals surface area (Å²) in [5.41, 5.74) is 3.79. The summed E-state index contributed by atoms with van der Waals surface area (Å²) in [4.78, 5) is 17.4. The smallest absolute Gasteiger partial charge is 0.142 e. The lowest BCUT2D eigenvalue weighted by molar-refractivity contribution is 0.667. The molecule has 0 bridgehead atoms. The van der Waals surface area contributed by atoms with E-state index in [9.17, 15) is 0 Å². The summed E-state index contributed by atoms with van der Waals surface area (Å²) in [7, 11) is 0. The molecule has 3 heterocycles. The second kappa shape index (κ2) is 6.51. The van der Waals surface area contributed by atoms with Crippen LogP contribution in [0.5, 0.6) is 0 Å². The molecule has 0 aliphatic rings. The van der Waals surface area contributed by atoms with Gasteiger partial charge in [0, 0.05) is 37.1 Å². The minimum Gasteiger partial charge on any atom is -0.305 e. The van der Waals surface area contributed by atoms with Crippen molar-refractivity contribution in [1.29, 1.82) is 0 Å². The summed E-state index contributed by atoms with van der Waals surface area (Å²) >= 11 is 1.61. The van der Waals surface area contributed by atoms with Crippen LogP contribution in [0.3, 0.4) is 0 Å². The molecule has 3 rings (SSSR count). The highest BCUT2D eigenvalue weighted by atomic mass is 32.1. The maximum absolute atomic E-state index is 4.58. The molecule has 0 saturated carbocycles. The number of hydrogen-bond acceptors (Lipinski definition) is 6. The van der Waals surface area contributed by atoms with Gasteiger partial charge in [0.2, 0.25) is 0 Å². The minimum atomic E-state index is 0.684. The van der Waals surface area contributed by atoms with Crippen LogP contribution in [0.15, 0.2) is 42.2 Å². The van der Waals surface area contributed by atoms with Gasteiger partial charge < -0.3 is 5.32 Å². The molecule has 0 fully saturated rings. The molecular weight excluding hydrogens is 282 g/mol. The topological polar surface area (TPSA) is 63.6 Å². The lowest BCUT2D eigenvalue weighted by Crippen LogP contribution is -2.14. The Morgan fingerprint density at radius 2 is 1.95 bits per heavy atom. The van der Waals surface area contributed by atoms with E-state index in [0.29, 0.717) is 13.1 Å². The third-order valence-electron chi connectivity index (χ3n) is 2.88. The van der Waals surface area contributed by atoms with Gasteiger partial charge in [-0.05, 0) is 19.1 Å². The van der Waals surface area contributed by atoms with Crippen molar-refractivity contribution in [3.05, 3.63) is 59.3 Å². The molecule has 0 saturated heterocycles. The van der Waals surface area contributed by atoms with Gasteiger partial charge in [-0.3, -0.25) is 15.0 Å². The summed E-state index contributed by atoms with van der Waals surface area (Å²) in [5.74, 6) is 0. The van der Waals surface area contributed by atoms with Crippen molar-refractivity contribution in [3.8, 4) is 10.7 Å². The van der Waals surface area contributed by atoms with E-state index < -0.39 is 0 Å². The Morgan fingerprint density at radius 3 is 2.71 bits per heavy atom. The lowest BCUT2D eigenvalue weighted by Gasteiger charge is -2.02. The highest BCUT2D eigenvalue weighted by molar-refractivity contribution is 7.13. The molecule has 0 aromatic carbocycles. The van der Waals surface area contributed by atoms with Crippen LogP contribution in [-0.4, -0.2) is 19.9 Å². The highest BCUT2D eigenvalue weighted by Gasteiger charge is 2.05. The molecule has 0 spiro atoms. The van der Waals surface area contributed by atoms with Gasteiger partial charge in [-0.25, -0.2) is 4.98 Å². The number of rotatable bonds is 5. The summed E-state index contributed by atoms with van der Waals surface area (Å²) in [5, 5.41) is 6.32. The average Bonchev–Trinajstić information content (AvgIpc) is 2.99. The standard InChI is InChI=1S/C15H15N5S/c1-11-6-19-12(9-18-11)7-16-8-13-10-21-15(20-13)14-4-2-3-5-17-14/h2-6,9-10,16H,7-8H2,1H3. The van der Waals surface area contributed by atoms with Crippen LogP contribution < -0.4 is 5.32 Å². The average molecular weight is 297 g/mol. The Hall–Kier alpha value is -2.18. The van der Waals surface area contributed by atoms with Crippen molar-refractivity contribution in [1.82, 2.24) is 25.3 Å². The molecule has 0 aliphatic heterocycles. The highest BCUT2D eigenvalue weighted by Crippen LogP contribution is 2.21. The molecule has 3 aromatic heterocycles. The van der Waals surface area contributed by atoms with Crippen molar-refractivity contribution in [2.75, 3.05) is 0 Å². The molecule has 0 atom stereocenters. The van der Waals surface area contributed by atoms with Gasteiger partial charge in [-0.1, -0.05) is 6.07 Å². The van der Waals surface area contributed by atoms with E-state index in [1.165, 1.54) is 0 Å². The monoisotopic (exact) mass is 297 g/mol. The molecule has 3 aromatic rings. The molecule has 5 nitrogen and oxygen atoms in total. The summed E-state index contributed by atoms with van der Waals surface area (Å²) in [6, 6.07) is 5.85. The molecule has 21 heavy (non-hydrogen) atoms. The Balaban J connectivity index is 1.57. The predicted octanol–water partition coefficient (Wildman–Crippen LogP) is 2.59. The molecule has 0 radical (unpaired) electrons. The SMILES string of the molecule is Cc1cnc(CNCc2csc(-c3ccccn3)n2)cn1. The molecule has 1 N–H and O–H groups in total. The molecular formula is C15H15N5S. The second-order valence-corrected chi connectivity index (χ2v) is 5.47. The van der Waals surface area contributed by atoms with Gasteiger partial charge in [0.1, 0.15) is 5.01 Å². The molecule has 106 valence electrons. The van der Waals surface area contributed by atoms with Crippen molar-refractivity contribution in [3.63, 3.8) is 0 Å². The van der Waals surface area contributed by atoms with Crippen LogP contribution in [0.2, 0.25) is 0 Å². The van der Waals surface area contributed by atoms with Crippen LogP contribution in [0.25, 0.3) is 10.7 Å². The Kier molecular flexibility index (Phi) is 4.28. The fourth-order valence-corrected chi connectivity index (χ4v) is 2.62. The van der Waals surface area contributed by atoms with Gasteiger partial charge in [-0.2, -0.15) is 0 Å². The van der Waals surface area contributed by atoms with E-state index in [4.69, 9.17) is 0 Å².